The largest absolute Gasteiger partial charge is 0.488 e. The predicted octanol–water partition coefficient (Wildman–Crippen LogP) is 5.45. The molecule has 0 amide bonds. The van der Waals surface area contributed by atoms with Crippen molar-refractivity contribution in [2.24, 2.45) is 0 Å². The lowest BCUT2D eigenvalue weighted by Crippen LogP contribution is -2.37. The highest BCUT2D eigenvalue weighted by Gasteiger charge is 2.22. The minimum absolute atomic E-state index is 0. The third kappa shape index (κ3) is 7.28. The van der Waals surface area contributed by atoms with Crippen molar-refractivity contribution in [1.82, 2.24) is 10.2 Å². The molecule has 1 aliphatic heterocycles. The Kier molecular flexibility index (Phi) is 11.4. The van der Waals surface area contributed by atoms with Crippen LogP contribution in [0.25, 0.3) is 0 Å². The fourth-order valence-electron chi connectivity index (χ4n) is 3.43. The van der Waals surface area contributed by atoms with Crippen molar-refractivity contribution in [3.8, 4) is 5.75 Å². The Morgan fingerprint density at radius 1 is 1.11 bits per heavy atom. The third-order valence-corrected chi connectivity index (χ3v) is 5.47. The molecule has 0 bridgehead atoms. The summed E-state index contributed by atoms with van der Waals surface area (Å²) in [6.45, 7) is 7.21. The summed E-state index contributed by atoms with van der Waals surface area (Å²) in [5, 5.41) is 3.61. The van der Waals surface area contributed by atoms with E-state index < -0.39 is 0 Å². The summed E-state index contributed by atoms with van der Waals surface area (Å²) >= 11 is 3.64. The first-order chi connectivity index (χ1) is 12.3. The van der Waals surface area contributed by atoms with Crippen molar-refractivity contribution in [1.29, 1.82) is 0 Å². The van der Waals surface area contributed by atoms with Gasteiger partial charge in [0.2, 0.25) is 0 Å². The summed E-state index contributed by atoms with van der Waals surface area (Å²) in [5.74, 6) is 0.889. The monoisotopic (exact) mass is 474 g/mol. The summed E-state index contributed by atoms with van der Waals surface area (Å²) in [6.07, 6.45) is 2.65. The molecule has 1 aliphatic rings. The van der Waals surface area contributed by atoms with Crippen LogP contribution < -0.4 is 10.1 Å². The van der Waals surface area contributed by atoms with E-state index in [-0.39, 0.29) is 24.8 Å². The molecular weight excluding hydrogens is 447 g/mol. The predicted molar refractivity (Wildman–Crippen MR) is 121 cm³/mol. The quantitative estimate of drug-likeness (QED) is 0.549. The Bertz CT molecular complexity index is 672. The smallest absolute Gasteiger partial charge is 0.134 e. The number of ether oxygens (including phenoxy) is 1. The fourth-order valence-corrected chi connectivity index (χ4v) is 3.97. The van der Waals surface area contributed by atoms with Crippen LogP contribution in [0.2, 0.25) is 0 Å². The van der Waals surface area contributed by atoms with Crippen molar-refractivity contribution in [3.05, 3.63) is 64.1 Å². The minimum atomic E-state index is 0. The van der Waals surface area contributed by atoms with Crippen molar-refractivity contribution in [2.75, 3.05) is 19.6 Å². The molecular formula is C21H29BrCl2N2O. The Balaban J connectivity index is 0.00000182. The normalized spacial score (nSPS) is 16.4. The zero-order chi connectivity index (χ0) is 17.5. The topological polar surface area (TPSA) is 24.5 Å². The second-order valence-corrected chi connectivity index (χ2v) is 7.45. The lowest BCUT2D eigenvalue weighted by molar-refractivity contribution is 0.260. The molecule has 0 aromatic heterocycles. The third-order valence-electron chi connectivity index (χ3n) is 4.85. The highest BCUT2D eigenvalue weighted by atomic mass is 79.9. The molecule has 2 aromatic carbocycles. The first-order valence-corrected chi connectivity index (χ1v) is 9.95. The van der Waals surface area contributed by atoms with Gasteiger partial charge in [-0.05, 0) is 65.1 Å². The van der Waals surface area contributed by atoms with E-state index in [4.69, 9.17) is 4.74 Å². The van der Waals surface area contributed by atoms with Gasteiger partial charge in [-0.25, -0.2) is 0 Å². The van der Waals surface area contributed by atoms with E-state index >= 15 is 0 Å². The zero-order valence-corrected chi connectivity index (χ0v) is 18.9. The number of likely N-dealkylation sites (tertiary alicyclic amines) is 1. The van der Waals surface area contributed by atoms with Crippen LogP contribution >= 0.6 is 40.7 Å². The van der Waals surface area contributed by atoms with Gasteiger partial charge in [0, 0.05) is 19.1 Å². The Labute approximate surface area is 183 Å². The molecule has 1 heterocycles. The van der Waals surface area contributed by atoms with Crippen LogP contribution in [0.1, 0.15) is 30.9 Å². The maximum atomic E-state index is 5.92. The molecule has 1 N–H and O–H groups in total. The molecule has 0 saturated carbocycles. The summed E-state index contributed by atoms with van der Waals surface area (Å²) in [6, 6.07) is 17.3. The van der Waals surface area contributed by atoms with Crippen LogP contribution in [0.3, 0.4) is 0 Å². The summed E-state index contributed by atoms with van der Waals surface area (Å²) in [4.78, 5) is 2.57. The van der Waals surface area contributed by atoms with E-state index in [1.807, 2.05) is 18.2 Å². The molecule has 1 saturated heterocycles. The Morgan fingerprint density at radius 2 is 1.89 bits per heavy atom. The molecule has 27 heavy (non-hydrogen) atoms. The number of likely N-dealkylation sites (N-methyl/N-ethyl adjacent to an activating group) is 1. The van der Waals surface area contributed by atoms with E-state index in [1.54, 1.807) is 0 Å². The summed E-state index contributed by atoms with van der Waals surface area (Å²) < 4.78 is 6.93. The van der Waals surface area contributed by atoms with E-state index in [0.717, 1.165) is 29.9 Å². The van der Waals surface area contributed by atoms with Gasteiger partial charge >= 0.3 is 0 Å². The van der Waals surface area contributed by atoms with Crippen LogP contribution in [0, 0.1) is 0 Å². The van der Waals surface area contributed by atoms with Gasteiger partial charge < -0.3 is 10.1 Å². The van der Waals surface area contributed by atoms with Gasteiger partial charge in [0.15, 0.2) is 0 Å². The lowest BCUT2D eigenvalue weighted by atomic mass is 10.2. The molecule has 6 heteroatoms. The van der Waals surface area contributed by atoms with Gasteiger partial charge in [-0.3, -0.25) is 4.90 Å². The van der Waals surface area contributed by atoms with Crippen LogP contribution in [0.15, 0.2) is 53.0 Å². The molecule has 1 atom stereocenters. The second kappa shape index (κ2) is 12.6. The molecule has 0 spiro atoms. The number of benzene rings is 2. The molecule has 0 aliphatic carbocycles. The van der Waals surface area contributed by atoms with Gasteiger partial charge in [0.1, 0.15) is 12.4 Å². The van der Waals surface area contributed by atoms with Crippen molar-refractivity contribution >= 4 is 40.7 Å². The highest BCUT2D eigenvalue weighted by Crippen LogP contribution is 2.27. The molecule has 1 unspecified atom stereocenters. The molecule has 3 nitrogen and oxygen atoms in total. The van der Waals surface area contributed by atoms with Crippen LogP contribution in [-0.4, -0.2) is 30.6 Å². The van der Waals surface area contributed by atoms with Crippen molar-refractivity contribution < 1.29 is 4.74 Å². The van der Waals surface area contributed by atoms with Crippen LogP contribution in [0.5, 0.6) is 5.75 Å². The molecule has 2 aromatic rings. The summed E-state index contributed by atoms with van der Waals surface area (Å²) in [7, 11) is 0. The number of rotatable bonds is 8. The van der Waals surface area contributed by atoms with Crippen LogP contribution in [0.4, 0.5) is 0 Å². The highest BCUT2D eigenvalue weighted by molar-refractivity contribution is 9.10. The number of nitrogens with one attached hydrogen (secondary N) is 1. The number of nitrogens with zero attached hydrogens (tertiary/aromatic N) is 1. The van der Waals surface area contributed by atoms with Gasteiger partial charge in [-0.15, -0.1) is 24.8 Å². The molecule has 3 rings (SSSR count). The zero-order valence-electron chi connectivity index (χ0n) is 15.7. The average Bonchev–Trinajstić information content (AvgIpc) is 3.09. The maximum absolute atomic E-state index is 5.92. The molecule has 0 radical (unpaired) electrons. The maximum Gasteiger partial charge on any atom is 0.134 e. The standard InChI is InChI=1S/C21H27BrN2O.2ClH/c1-2-24-12-6-9-19(24)15-23-14-18-10-11-21(20(22)13-18)25-16-17-7-4-3-5-8-17;;/h3-5,7-8,10-11,13,19,23H,2,6,9,12,14-16H2,1H3;2*1H. The minimum Gasteiger partial charge on any atom is -0.488 e. The van der Waals surface area contributed by atoms with E-state index in [2.05, 4.69) is 63.4 Å². The molecule has 150 valence electrons. The lowest BCUT2D eigenvalue weighted by Gasteiger charge is -2.23. The van der Waals surface area contributed by atoms with Crippen LogP contribution in [-0.2, 0) is 13.2 Å². The Morgan fingerprint density at radius 3 is 2.59 bits per heavy atom. The fraction of sp³-hybridized carbons (Fsp3) is 0.429. The van der Waals surface area contributed by atoms with E-state index in [9.17, 15) is 0 Å². The van der Waals surface area contributed by atoms with Crippen molar-refractivity contribution in [3.63, 3.8) is 0 Å². The number of hydrogen-bond donors (Lipinski definition) is 1. The van der Waals surface area contributed by atoms with E-state index in [1.165, 1.54) is 30.5 Å². The average molecular weight is 476 g/mol. The second-order valence-electron chi connectivity index (χ2n) is 6.59. The van der Waals surface area contributed by atoms with Gasteiger partial charge in [-0.2, -0.15) is 0 Å². The molecule has 1 fully saturated rings. The van der Waals surface area contributed by atoms with Gasteiger partial charge in [-0.1, -0.05) is 43.3 Å². The van der Waals surface area contributed by atoms with Gasteiger partial charge in [0.05, 0.1) is 4.47 Å². The van der Waals surface area contributed by atoms with E-state index in [0.29, 0.717) is 12.6 Å². The first-order valence-electron chi connectivity index (χ1n) is 9.16. The van der Waals surface area contributed by atoms with Gasteiger partial charge in [0.25, 0.3) is 0 Å². The Hall–Kier alpha value is -0.780. The number of halogens is 3. The first kappa shape index (κ1) is 24.3. The summed E-state index contributed by atoms with van der Waals surface area (Å²) in [5.41, 5.74) is 2.46. The number of hydrogen-bond acceptors (Lipinski definition) is 3. The van der Waals surface area contributed by atoms with Crippen molar-refractivity contribution in [2.45, 2.75) is 39.0 Å². The SMILES string of the molecule is CCN1CCCC1CNCc1ccc(OCc2ccccc2)c(Br)c1.Cl.Cl.